The highest BCUT2D eigenvalue weighted by molar-refractivity contribution is 5.86. The molecular formula is C9H16O4. The summed E-state index contributed by atoms with van der Waals surface area (Å²) in [4.78, 5) is 10.5. The van der Waals surface area contributed by atoms with Crippen molar-refractivity contribution in [2.75, 3.05) is 6.61 Å². The first-order valence-electron chi connectivity index (χ1n) is 4.31. The molecule has 0 radical (unpaired) electrons. The van der Waals surface area contributed by atoms with Crippen molar-refractivity contribution in [3.8, 4) is 0 Å². The van der Waals surface area contributed by atoms with Gasteiger partial charge in [0.05, 0.1) is 11.8 Å². The number of carboxylic acids is 1. The van der Waals surface area contributed by atoms with Crippen molar-refractivity contribution in [1.82, 2.24) is 0 Å². The van der Waals surface area contributed by atoms with Gasteiger partial charge in [-0.2, -0.15) is 0 Å². The third kappa shape index (κ3) is 5.25. The van der Waals surface area contributed by atoms with E-state index in [1.165, 1.54) is 6.26 Å². The average Bonchev–Trinajstić information content (AvgIpc) is 2.05. The Morgan fingerprint density at radius 3 is 2.54 bits per heavy atom. The SMILES string of the molecule is CCOC(C)OC=C(CC)C(=O)O. The zero-order valence-electron chi connectivity index (χ0n) is 8.24. The second-order valence-corrected chi connectivity index (χ2v) is 2.46. The van der Waals surface area contributed by atoms with Crippen molar-refractivity contribution in [3.05, 3.63) is 11.8 Å². The lowest BCUT2D eigenvalue weighted by Crippen LogP contribution is -2.10. The molecule has 1 atom stereocenters. The molecule has 0 fully saturated rings. The summed E-state index contributed by atoms with van der Waals surface area (Å²) in [6.07, 6.45) is 1.28. The molecule has 4 heteroatoms. The Kier molecular flexibility index (Phi) is 5.97. The largest absolute Gasteiger partial charge is 0.478 e. The van der Waals surface area contributed by atoms with Crippen LogP contribution in [0, 0.1) is 0 Å². The molecule has 76 valence electrons. The fraction of sp³-hybridized carbons (Fsp3) is 0.667. The van der Waals surface area contributed by atoms with E-state index in [2.05, 4.69) is 0 Å². The molecule has 0 aromatic carbocycles. The van der Waals surface area contributed by atoms with E-state index < -0.39 is 12.3 Å². The van der Waals surface area contributed by atoms with Gasteiger partial charge in [-0.05, 0) is 20.3 Å². The van der Waals surface area contributed by atoms with Crippen LogP contribution in [0.25, 0.3) is 0 Å². The molecule has 0 bridgehead atoms. The van der Waals surface area contributed by atoms with Crippen LogP contribution in [0.1, 0.15) is 27.2 Å². The first-order valence-corrected chi connectivity index (χ1v) is 4.31. The molecule has 0 saturated carbocycles. The van der Waals surface area contributed by atoms with E-state index >= 15 is 0 Å². The topological polar surface area (TPSA) is 55.8 Å². The molecule has 0 amide bonds. The highest BCUT2D eigenvalue weighted by Gasteiger charge is 2.05. The number of carboxylic acid groups (broad SMARTS) is 1. The van der Waals surface area contributed by atoms with Crippen molar-refractivity contribution >= 4 is 5.97 Å². The molecule has 0 aliphatic carbocycles. The predicted molar refractivity (Wildman–Crippen MR) is 48.2 cm³/mol. The van der Waals surface area contributed by atoms with Crippen molar-refractivity contribution in [3.63, 3.8) is 0 Å². The van der Waals surface area contributed by atoms with Crippen LogP contribution in [0.15, 0.2) is 11.8 Å². The fourth-order valence-electron chi connectivity index (χ4n) is 0.737. The smallest absolute Gasteiger partial charge is 0.334 e. The van der Waals surface area contributed by atoms with Crippen LogP contribution in [-0.4, -0.2) is 24.0 Å². The maximum absolute atomic E-state index is 10.5. The van der Waals surface area contributed by atoms with Crippen LogP contribution >= 0.6 is 0 Å². The van der Waals surface area contributed by atoms with Gasteiger partial charge in [-0.1, -0.05) is 6.92 Å². The van der Waals surface area contributed by atoms with Crippen LogP contribution in [0.5, 0.6) is 0 Å². The van der Waals surface area contributed by atoms with Gasteiger partial charge in [-0.25, -0.2) is 4.79 Å². The molecule has 0 saturated heterocycles. The summed E-state index contributed by atoms with van der Waals surface area (Å²) in [7, 11) is 0. The normalized spacial score (nSPS) is 13.9. The summed E-state index contributed by atoms with van der Waals surface area (Å²) in [5.41, 5.74) is 0.242. The van der Waals surface area contributed by atoms with Gasteiger partial charge in [0, 0.05) is 6.61 Å². The van der Waals surface area contributed by atoms with Crippen LogP contribution in [-0.2, 0) is 14.3 Å². The Morgan fingerprint density at radius 1 is 1.54 bits per heavy atom. The van der Waals surface area contributed by atoms with E-state index in [0.29, 0.717) is 13.0 Å². The Hall–Kier alpha value is -1.03. The highest BCUT2D eigenvalue weighted by atomic mass is 16.7. The Balaban J connectivity index is 3.98. The van der Waals surface area contributed by atoms with E-state index in [1.807, 2.05) is 6.92 Å². The van der Waals surface area contributed by atoms with Gasteiger partial charge in [-0.3, -0.25) is 0 Å². The fourth-order valence-corrected chi connectivity index (χ4v) is 0.737. The van der Waals surface area contributed by atoms with Gasteiger partial charge in [0.15, 0.2) is 6.29 Å². The lowest BCUT2D eigenvalue weighted by Gasteiger charge is -2.11. The van der Waals surface area contributed by atoms with E-state index in [4.69, 9.17) is 14.6 Å². The summed E-state index contributed by atoms with van der Waals surface area (Å²) < 4.78 is 10.1. The summed E-state index contributed by atoms with van der Waals surface area (Å²) in [5, 5.41) is 8.63. The van der Waals surface area contributed by atoms with Gasteiger partial charge in [-0.15, -0.1) is 0 Å². The third-order valence-electron chi connectivity index (χ3n) is 1.46. The molecule has 4 nitrogen and oxygen atoms in total. The van der Waals surface area contributed by atoms with E-state index in [-0.39, 0.29) is 5.57 Å². The average molecular weight is 188 g/mol. The Morgan fingerprint density at radius 2 is 2.15 bits per heavy atom. The van der Waals surface area contributed by atoms with Gasteiger partial charge in [0.25, 0.3) is 0 Å². The van der Waals surface area contributed by atoms with E-state index in [9.17, 15) is 4.79 Å². The van der Waals surface area contributed by atoms with Crippen molar-refractivity contribution in [1.29, 1.82) is 0 Å². The highest BCUT2D eigenvalue weighted by Crippen LogP contribution is 2.03. The van der Waals surface area contributed by atoms with Gasteiger partial charge in [0.2, 0.25) is 0 Å². The molecule has 1 unspecified atom stereocenters. The second kappa shape index (κ2) is 6.48. The quantitative estimate of drug-likeness (QED) is 0.392. The van der Waals surface area contributed by atoms with Crippen molar-refractivity contribution in [2.24, 2.45) is 0 Å². The minimum atomic E-state index is -0.953. The lowest BCUT2D eigenvalue weighted by atomic mass is 10.2. The van der Waals surface area contributed by atoms with Gasteiger partial charge in [0.1, 0.15) is 0 Å². The molecule has 0 aliphatic rings. The summed E-state index contributed by atoms with van der Waals surface area (Å²) in [5.74, 6) is -0.953. The molecule has 13 heavy (non-hydrogen) atoms. The van der Waals surface area contributed by atoms with Gasteiger partial charge >= 0.3 is 5.97 Å². The van der Waals surface area contributed by atoms with Crippen LogP contribution in [0.2, 0.25) is 0 Å². The molecule has 0 heterocycles. The first kappa shape index (κ1) is 12.0. The molecule has 0 aromatic rings. The van der Waals surface area contributed by atoms with Crippen LogP contribution < -0.4 is 0 Å². The standard InChI is InChI=1S/C9H16O4/c1-4-8(9(10)11)6-13-7(3)12-5-2/h6-7H,4-5H2,1-3H3,(H,10,11). The minimum absolute atomic E-state index is 0.242. The zero-order chi connectivity index (χ0) is 10.3. The first-order chi connectivity index (χ1) is 6.11. The predicted octanol–water partition coefficient (Wildman–Crippen LogP) is 1.76. The number of aliphatic carboxylic acids is 1. The van der Waals surface area contributed by atoms with Crippen molar-refractivity contribution in [2.45, 2.75) is 33.5 Å². The number of rotatable bonds is 6. The minimum Gasteiger partial charge on any atom is -0.478 e. The van der Waals surface area contributed by atoms with Crippen molar-refractivity contribution < 1.29 is 19.4 Å². The molecular weight excluding hydrogens is 172 g/mol. The zero-order valence-corrected chi connectivity index (χ0v) is 8.24. The molecule has 1 N–H and O–H groups in total. The number of carbonyl (C=O) groups is 1. The Bertz CT molecular complexity index is 186. The summed E-state index contributed by atoms with van der Waals surface area (Å²) >= 11 is 0. The molecule has 0 aromatic heterocycles. The number of ether oxygens (including phenoxy) is 2. The number of hydrogen-bond acceptors (Lipinski definition) is 3. The summed E-state index contributed by atoms with van der Waals surface area (Å²) in [6, 6.07) is 0. The third-order valence-corrected chi connectivity index (χ3v) is 1.46. The van der Waals surface area contributed by atoms with Crippen LogP contribution in [0.4, 0.5) is 0 Å². The Labute approximate surface area is 78.2 Å². The monoisotopic (exact) mass is 188 g/mol. The number of hydrogen-bond donors (Lipinski definition) is 1. The maximum Gasteiger partial charge on any atom is 0.334 e. The van der Waals surface area contributed by atoms with E-state index in [0.717, 1.165) is 0 Å². The maximum atomic E-state index is 10.5. The molecule has 0 spiro atoms. The lowest BCUT2D eigenvalue weighted by molar-refractivity contribution is -0.133. The molecule has 0 rings (SSSR count). The summed E-state index contributed by atoms with van der Waals surface area (Å²) in [6.45, 7) is 5.87. The molecule has 0 aliphatic heterocycles. The van der Waals surface area contributed by atoms with E-state index in [1.54, 1.807) is 13.8 Å². The second-order valence-electron chi connectivity index (χ2n) is 2.46. The van der Waals surface area contributed by atoms with Crippen LogP contribution in [0.3, 0.4) is 0 Å². The van der Waals surface area contributed by atoms with Gasteiger partial charge < -0.3 is 14.6 Å².